The quantitative estimate of drug-likeness (QED) is 0.817. The van der Waals surface area contributed by atoms with Gasteiger partial charge in [0, 0.05) is 23.8 Å². The van der Waals surface area contributed by atoms with E-state index >= 15 is 0 Å². The second-order valence-corrected chi connectivity index (χ2v) is 5.30. The first kappa shape index (κ1) is 10.6. The molecule has 1 aliphatic heterocycles. The molecule has 1 saturated carbocycles. The van der Waals surface area contributed by atoms with Crippen LogP contribution in [0.3, 0.4) is 0 Å². The van der Waals surface area contributed by atoms with Crippen molar-refractivity contribution in [1.29, 1.82) is 0 Å². The highest BCUT2D eigenvalue weighted by Crippen LogP contribution is 2.27. The van der Waals surface area contributed by atoms with Gasteiger partial charge in [0.1, 0.15) is 0 Å². The van der Waals surface area contributed by atoms with Gasteiger partial charge in [-0.25, -0.2) is 0 Å². The summed E-state index contributed by atoms with van der Waals surface area (Å²) in [6.45, 7) is 3.21. The van der Waals surface area contributed by atoms with E-state index in [4.69, 9.17) is 0 Å². The summed E-state index contributed by atoms with van der Waals surface area (Å²) in [5.41, 5.74) is 3.24. The maximum absolute atomic E-state index is 12.0. The molecule has 0 atom stereocenters. The van der Waals surface area contributed by atoms with Crippen LogP contribution in [-0.2, 0) is 6.42 Å². The molecule has 3 rings (SSSR count). The van der Waals surface area contributed by atoms with E-state index in [9.17, 15) is 4.79 Å². The molecule has 1 aromatic carbocycles. The number of hydrogen-bond donors (Lipinski definition) is 2. The number of rotatable bonds is 2. The van der Waals surface area contributed by atoms with Crippen molar-refractivity contribution in [3.05, 3.63) is 29.3 Å². The molecule has 0 radical (unpaired) electrons. The molecule has 0 saturated heterocycles. The number of anilines is 1. The van der Waals surface area contributed by atoms with Crippen LogP contribution in [0, 0.1) is 5.92 Å². The summed E-state index contributed by atoms with van der Waals surface area (Å²) in [6.07, 6.45) is 3.27. The van der Waals surface area contributed by atoms with Crippen LogP contribution in [0.15, 0.2) is 18.2 Å². The van der Waals surface area contributed by atoms with Crippen molar-refractivity contribution in [3.8, 4) is 0 Å². The molecular formula is C14H18N2O. The van der Waals surface area contributed by atoms with Gasteiger partial charge in [0.05, 0.1) is 0 Å². The summed E-state index contributed by atoms with van der Waals surface area (Å²) in [5, 5.41) is 6.40. The molecule has 2 N–H and O–H groups in total. The topological polar surface area (TPSA) is 41.1 Å². The first-order valence-corrected chi connectivity index (χ1v) is 6.40. The van der Waals surface area contributed by atoms with Gasteiger partial charge in [0.2, 0.25) is 0 Å². The van der Waals surface area contributed by atoms with Crippen LogP contribution < -0.4 is 10.6 Å². The van der Waals surface area contributed by atoms with E-state index in [-0.39, 0.29) is 5.91 Å². The van der Waals surface area contributed by atoms with E-state index in [1.54, 1.807) is 0 Å². The Morgan fingerprint density at radius 2 is 2.24 bits per heavy atom. The molecule has 2 aliphatic rings. The molecule has 17 heavy (non-hydrogen) atoms. The summed E-state index contributed by atoms with van der Waals surface area (Å²) < 4.78 is 0. The van der Waals surface area contributed by atoms with Gasteiger partial charge in [-0.3, -0.25) is 4.79 Å². The monoisotopic (exact) mass is 230 g/mol. The summed E-state index contributed by atoms with van der Waals surface area (Å²) in [7, 11) is 0. The number of hydrogen-bond acceptors (Lipinski definition) is 2. The Bertz CT molecular complexity index is 450. The van der Waals surface area contributed by atoms with Gasteiger partial charge in [-0.2, -0.15) is 0 Å². The lowest BCUT2D eigenvalue weighted by Gasteiger charge is -2.33. The number of benzene rings is 1. The highest BCUT2D eigenvalue weighted by Gasteiger charge is 2.27. The van der Waals surface area contributed by atoms with Crippen molar-refractivity contribution in [2.45, 2.75) is 32.2 Å². The summed E-state index contributed by atoms with van der Waals surface area (Å²) in [6, 6.07) is 6.34. The number of carbonyl (C=O) groups excluding carboxylic acids is 1. The Morgan fingerprint density at radius 3 is 3.00 bits per heavy atom. The van der Waals surface area contributed by atoms with Crippen molar-refractivity contribution in [1.82, 2.24) is 5.32 Å². The second kappa shape index (κ2) is 4.06. The Kier molecular flexibility index (Phi) is 2.54. The van der Waals surface area contributed by atoms with Crippen molar-refractivity contribution < 1.29 is 4.79 Å². The van der Waals surface area contributed by atoms with Gasteiger partial charge >= 0.3 is 0 Å². The average Bonchev–Trinajstić information content (AvgIpc) is 2.73. The van der Waals surface area contributed by atoms with Gasteiger partial charge in [0.25, 0.3) is 5.91 Å². The Morgan fingerprint density at radius 1 is 1.41 bits per heavy atom. The van der Waals surface area contributed by atoms with E-state index in [1.165, 1.54) is 11.3 Å². The molecule has 1 aromatic rings. The van der Waals surface area contributed by atoms with Crippen LogP contribution in [0.2, 0.25) is 0 Å². The van der Waals surface area contributed by atoms with E-state index in [2.05, 4.69) is 17.6 Å². The largest absolute Gasteiger partial charge is 0.384 e. The minimum atomic E-state index is 0.0802. The second-order valence-electron chi connectivity index (χ2n) is 5.30. The maximum Gasteiger partial charge on any atom is 0.251 e. The molecule has 1 amide bonds. The fraction of sp³-hybridized carbons (Fsp3) is 0.500. The average molecular weight is 230 g/mol. The molecular weight excluding hydrogens is 212 g/mol. The zero-order valence-corrected chi connectivity index (χ0v) is 10.1. The normalized spacial score (nSPS) is 25.7. The van der Waals surface area contributed by atoms with Gasteiger partial charge in [-0.1, -0.05) is 6.92 Å². The molecule has 90 valence electrons. The SMILES string of the molecule is CC1CC(NC(=O)c2ccc3c(c2)CCN3)C1. The van der Waals surface area contributed by atoms with E-state index < -0.39 is 0 Å². The summed E-state index contributed by atoms with van der Waals surface area (Å²) >= 11 is 0. The summed E-state index contributed by atoms with van der Waals surface area (Å²) in [5.74, 6) is 0.848. The molecule has 0 unspecified atom stereocenters. The number of carbonyl (C=O) groups is 1. The molecule has 0 aromatic heterocycles. The third kappa shape index (κ3) is 2.02. The molecule has 1 aliphatic carbocycles. The Balaban J connectivity index is 1.69. The van der Waals surface area contributed by atoms with E-state index in [0.29, 0.717) is 6.04 Å². The lowest BCUT2D eigenvalue weighted by Crippen LogP contribution is -2.43. The van der Waals surface area contributed by atoms with Crippen LogP contribution in [0.1, 0.15) is 35.7 Å². The van der Waals surface area contributed by atoms with Crippen LogP contribution in [-0.4, -0.2) is 18.5 Å². The number of amides is 1. The lowest BCUT2D eigenvalue weighted by molar-refractivity contribution is 0.0896. The third-order valence-electron chi connectivity index (χ3n) is 3.79. The minimum absolute atomic E-state index is 0.0802. The fourth-order valence-corrected chi connectivity index (χ4v) is 2.74. The standard InChI is InChI=1S/C14H18N2O/c1-9-6-12(7-9)16-14(17)11-2-3-13-10(8-11)4-5-15-13/h2-3,8-9,12,15H,4-7H2,1H3,(H,16,17). The van der Waals surface area contributed by atoms with Gasteiger partial charge < -0.3 is 10.6 Å². The van der Waals surface area contributed by atoms with E-state index in [1.807, 2.05) is 18.2 Å². The number of nitrogens with one attached hydrogen (secondary N) is 2. The highest BCUT2D eigenvalue weighted by atomic mass is 16.1. The maximum atomic E-state index is 12.0. The predicted molar refractivity (Wildman–Crippen MR) is 68.3 cm³/mol. The van der Waals surface area contributed by atoms with Crippen molar-refractivity contribution in [2.24, 2.45) is 5.92 Å². The first-order valence-electron chi connectivity index (χ1n) is 6.40. The minimum Gasteiger partial charge on any atom is -0.384 e. The first-order chi connectivity index (χ1) is 8.22. The zero-order chi connectivity index (χ0) is 11.8. The third-order valence-corrected chi connectivity index (χ3v) is 3.79. The fourth-order valence-electron chi connectivity index (χ4n) is 2.74. The van der Waals surface area contributed by atoms with E-state index in [0.717, 1.165) is 37.3 Å². The van der Waals surface area contributed by atoms with Crippen LogP contribution >= 0.6 is 0 Å². The lowest BCUT2D eigenvalue weighted by atomic mass is 9.82. The number of fused-ring (bicyclic) bond motifs is 1. The van der Waals surface area contributed by atoms with Crippen molar-refractivity contribution in [2.75, 3.05) is 11.9 Å². The van der Waals surface area contributed by atoms with Crippen molar-refractivity contribution in [3.63, 3.8) is 0 Å². The zero-order valence-electron chi connectivity index (χ0n) is 10.1. The molecule has 1 heterocycles. The van der Waals surface area contributed by atoms with Crippen LogP contribution in [0.5, 0.6) is 0 Å². The van der Waals surface area contributed by atoms with Gasteiger partial charge in [-0.05, 0) is 48.9 Å². The predicted octanol–water partition coefficient (Wildman–Crippen LogP) is 2.18. The molecule has 3 nitrogen and oxygen atoms in total. The molecule has 0 bridgehead atoms. The van der Waals surface area contributed by atoms with Gasteiger partial charge in [-0.15, -0.1) is 0 Å². The smallest absolute Gasteiger partial charge is 0.251 e. The van der Waals surface area contributed by atoms with Crippen LogP contribution in [0.4, 0.5) is 5.69 Å². The van der Waals surface area contributed by atoms with Crippen molar-refractivity contribution >= 4 is 11.6 Å². The molecule has 0 spiro atoms. The highest BCUT2D eigenvalue weighted by molar-refractivity contribution is 5.95. The summed E-state index contributed by atoms with van der Waals surface area (Å²) in [4.78, 5) is 12.0. The molecule has 1 fully saturated rings. The Hall–Kier alpha value is -1.51. The Labute approximate surface area is 102 Å². The molecule has 3 heteroatoms. The van der Waals surface area contributed by atoms with Gasteiger partial charge in [0.15, 0.2) is 0 Å². The van der Waals surface area contributed by atoms with Crippen LogP contribution in [0.25, 0.3) is 0 Å².